The summed E-state index contributed by atoms with van der Waals surface area (Å²) in [4.78, 5) is 27.3. The van der Waals surface area contributed by atoms with Crippen molar-refractivity contribution in [3.05, 3.63) is 57.9 Å². The highest BCUT2D eigenvalue weighted by Crippen LogP contribution is 2.39. The van der Waals surface area contributed by atoms with Crippen LogP contribution in [0.15, 0.2) is 35.4 Å². The third kappa shape index (κ3) is 4.34. The van der Waals surface area contributed by atoms with Crippen LogP contribution in [0.4, 0.5) is 5.69 Å². The van der Waals surface area contributed by atoms with E-state index in [4.69, 9.17) is 15.2 Å². The molecule has 1 aliphatic heterocycles. The van der Waals surface area contributed by atoms with Crippen molar-refractivity contribution < 1.29 is 0 Å². The monoisotopic (exact) mass is 473 g/mol. The summed E-state index contributed by atoms with van der Waals surface area (Å²) in [5, 5.41) is 9.16. The van der Waals surface area contributed by atoms with Gasteiger partial charge in [-0.05, 0) is 44.2 Å². The van der Waals surface area contributed by atoms with E-state index in [0.717, 1.165) is 37.3 Å². The van der Waals surface area contributed by atoms with Gasteiger partial charge >= 0.3 is 0 Å². The minimum absolute atomic E-state index is 0.0772. The van der Waals surface area contributed by atoms with E-state index in [9.17, 15) is 4.79 Å². The number of imidazole rings is 1. The van der Waals surface area contributed by atoms with Crippen molar-refractivity contribution in [3.63, 3.8) is 0 Å². The molecule has 1 aliphatic carbocycles. The number of hydrogen-bond donors (Lipinski definition) is 0. The van der Waals surface area contributed by atoms with Crippen molar-refractivity contribution in [3.8, 4) is 6.07 Å². The lowest BCUT2D eigenvalue weighted by molar-refractivity contribution is 0.102. The highest BCUT2D eigenvalue weighted by Gasteiger charge is 2.36. The first-order valence-electron chi connectivity index (χ1n) is 12.9. The highest BCUT2D eigenvalue weighted by atomic mass is 16.1. The normalized spacial score (nSPS) is 21.9. The van der Waals surface area contributed by atoms with Crippen LogP contribution < -0.4 is 10.5 Å². The Kier molecular flexibility index (Phi) is 6.37. The maximum atomic E-state index is 12.8. The number of anilines is 1. The predicted molar refractivity (Wildman–Crippen MR) is 137 cm³/mol. The Bertz CT molecular complexity index is 1300. The highest BCUT2D eigenvalue weighted by molar-refractivity contribution is 5.69. The van der Waals surface area contributed by atoms with Crippen LogP contribution in [0.5, 0.6) is 0 Å². The summed E-state index contributed by atoms with van der Waals surface area (Å²) in [7, 11) is 1.74. The second-order valence-electron chi connectivity index (χ2n) is 10.1. The lowest BCUT2D eigenvalue weighted by Gasteiger charge is -2.49. The summed E-state index contributed by atoms with van der Waals surface area (Å²) < 4.78 is 3.34. The van der Waals surface area contributed by atoms with Gasteiger partial charge in [0.1, 0.15) is 0 Å². The van der Waals surface area contributed by atoms with Gasteiger partial charge in [0.05, 0.1) is 30.1 Å². The molecule has 1 saturated carbocycles. The van der Waals surface area contributed by atoms with Crippen molar-refractivity contribution in [1.29, 1.82) is 5.26 Å². The Balaban J connectivity index is 1.46. The summed E-state index contributed by atoms with van der Waals surface area (Å²) in [6.45, 7) is 8.47. The van der Waals surface area contributed by atoms with Crippen LogP contribution in [0.3, 0.4) is 0 Å². The first kappa shape index (κ1) is 23.6. The van der Waals surface area contributed by atoms with E-state index in [-0.39, 0.29) is 18.0 Å². The van der Waals surface area contributed by atoms with Crippen LogP contribution in [0.25, 0.3) is 5.65 Å². The van der Waals surface area contributed by atoms with E-state index in [1.165, 1.54) is 24.1 Å². The molecule has 0 N–H and O–H groups in total. The smallest absolute Gasteiger partial charge is 0.267 e. The molecule has 0 radical (unpaired) electrons. The van der Waals surface area contributed by atoms with Crippen molar-refractivity contribution in [1.82, 2.24) is 24.1 Å². The molecule has 8 nitrogen and oxygen atoms in total. The summed E-state index contributed by atoms with van der Waals surface area (Å²) in [6.07, 6.45) is 8.65. The number of fused-ring (bicyclic) bond motifs is 1. The van der Waals surface area contributed by atoms with Crippen molar-refractivity contribution in [2.45, 2.75) is 76.9 Å². The van der Waals surface area contributed by atoms with Crippen LogP contribution in [0, 0.1) is 11.3 Å². The topological polar surface area (TPSA) is 82.5 Å². The third-order valence-electron chi connectivity index (χ3n) is 7.78. The second-order valence-corrected chi connectivity index (χ2v) is 10.1. The standard InChI is InChI=1S/C27H35N7O/c1-5-22-17-32(24(6-2)20-9-10-23(29-14-20)19-7-8-19)18(3)15-33(22)25-13-26(35)31(4)34-16-21(11-12-28)30-27(25)34/h9-10,13-14,16,18-19,22,24H,5-8,11,15,17H2,1-4H3/t18-,22+,24?/m1/s1. The Morgan fingerprint density at radius 3 is 2.66 bits per heavy atom. The molecule has 4 heterocycles. The third-order valence-corrected chi connectivity index (χ3v) is 7.78. The zero-order chi connectivity index (χ0) is 24.7. The molecule has 3 aromatic heterocycles. The minimum atomic E-state index is -0.0772. The number of aryl methyl sites for hydroxylation is 1. The van der Waals surface area contributed by atoms with Crippen molar-refractivity contribution in [2.24, 2.45) is 7.05 Å². The maximum Gasteiger partial charge on any atom is 0.267 e. The van der Waals surface area contributed by atoms with Crippen LogP contribution in [0.1, 0.15) is 75.4 Å². The SMILES string of the molecule is CCC(c1ccc(C2CC2)nc1)N1C[C@H](CC)N(c2cc(=O)n(C)n3cc(CC#N)nc23)C[C@H]1C. The molecule has 0 spiro atoms. The van der Waals surface area contributed by atoms with Gasteiger partial charge in [-0.3, -0.25) is 14.7 Å². The fourth-order valence-corrected chi connectivity index (χ4v) is 5.62. The predicted octanol–water partition coefficient (Wildman–Crippen LogP) is 3.81. The quantitative estimate of drug-likeness (QED) is 0.519. The number of piperazine rings is 1. The summed E-state index contributed by atoms with van der Waals surface area (Å²) >= 11 is 0. The Hall–Kier alpha value is -3.18. The molecular weight excluding hydrogens is 438 g/mol. The lowest BCUT2D eigenvalue weighted by atomic mass is 9.97. The number of hydrogen-bond acceptors (Lipinski definition) is 6. The zero-order valence-corrected chi connectivity index (χ0v) is 21.2. The molecule has 2 fully saturated rings. The Morgan fingerprint density at radius 1 is 1.23 bits per heavy atom. The molecule has 3 aromatic rings. The van der Waals surface area contributed by atoms with E-state index < -0.39 is 0 Å². The van der Waals surface area contributed by atoms with Gasteiger partial charge in [-0.2, -0.15) is 5.26 Å². The van der Waals surface area contributed by atoms with E-state index in [1.54, 1.807) is 28.5 Å². The Morgan fingerprint density at radius 2 is 2.03 bits per heavy atom. The number of nitriles is 1. The molecule has 35 heavy (non-hydrogen) atoms. The van der Waals surface area contributed by atoms with E-state index in [0.29, 0.717) is 23.7 Å². The molecule has 184 valence electrons. The second kappa shape index (κ2) is 9.46. The average molecular weight is 474 g/mol. The van der Waals surface area contributed by atoms with Gasteiger partial charge in [0.25, 0.3) is 5.56 Å². The summed E-state index contributed by atoms with van der Waals surface area (Å²) in [5.41, 5.74) is 4.73. The first-order valence-corrected chi connectivity index (χ1v) is 12.9. The Labute approximate surface area is 206 Å². The lowest BCUT2D eigenvalue weighted by Crippen LogP contribution is -2.58. The van der Waals surface area contributed by atoms with Crippen molar-refractivity contribution >= 4 is 11.3 Å². The molecule has 5 rings (SSSR count). The van der Waals surface area contributed by atoms with Crippen LogP contribution >= 0.6 is 0 Å². The molecule has 0 amide bonds. The fraction of sp³-hybridized carbons (Fsp3) is 0.556. The maximum absolute atomic E-state index is 12.8. The zero-order valence-electron chi connectivity index (χ0n) is 21.2. The number of pyridine rings is 1. The van der Waals surface area contributed by atoms with Gasteiger partial charge in [0.2, 0.25) is 0 Å². The molecule has 0 aromatic carbocycles. The molecule has 1 saturated heterocycles. The first-order chi connectivity index (χ1) is 16.9. The number of aromatic nitrogens is 4. The van der Waals surface area contributed by atoms with Crippen molar-refractivity contribution in [2.75, 3.05) is 18.0 Å². The molecule has 8 heteroatoms. The summed E-state index contributed by atoms with van der Waals surface area (Å²) in [5.74, 6) is 0.669. The van der Waals surface area contributed by atoms with Gasteiger partial charge < -0.3 is 4.90 Å². The van der Waals surface area contributed by atoms with E-state index in [1.807, 2.05) is 0 Å². The van der Waals surface area contributed by atoms with Crippen LogP contribution in [0.2, 0.25) is 0 Å². The molecule has 1 unspecified atom stereocenters. The van der Waals surface area contributed by atoms with Crippen LogP contribution in [-0.4, -0.2) is 49.2 Å². The largest absolute Gasteiger partial charge is 0.363 e. The molecule has 3 atom stereocenters. The van der Waals surface area contributed by atoms with Crippen LogP contribution in [-0.2, 0) is 13.5 Å². The number of nitrogens with zero attached hydrogens (tertiary/aromatic N) is 7. The minimum Gasteiger partial charge on any atom is -0.363 e. The van der Waals surface area contributed by atoms with E-state index >= 15 is 0 Å². The molecular formula is C27H35N7O. The van der Waals surface area contributed by atoms with Gasteiger partial charge in [0.15, 0.2) is 5.65 Å². The molecule has 2 aliphatic rings. The van der Waals surface area contributed by atoms with Gasteiger partial charge in [0, 0.05) is 62.1 Å². The van der Waals surface area contributed by atoms with Gasteiger partial charge in [-0.1, -0.05) is 19.9 Å². The fourth-order valence-electron chi connectivity index (χ4n) is 5.62. The number of rotatable bonds is 7. The van der Waals surface area contributed by atoms with Gasteiger partial charge in [-0.25, -0.2) is 14.2 Å². The van der Waals surface area contributed by atoms with E-state index in [2.05, 4.69) is 55.0 Å². The molecule has 0 bridgehead atoms. The average Bonchev–Trinajstić information content (AvgIpc) is 3.63. The summed E-state index contributed by atoms with van der Waals surface area (Å²) in [6, 6.07) is 9.25. The van der Waals surface area contributed by atoms with Gasteiger partial charge in [-0.15, -0.1) is 0 Å².